The molecule has 3 heteroatoms. The molecule has 0 aliphatic heterocycles. The molecule has 152 valence electrons. The van der Waals surface area contributed by atoms with Gasteiger partial charge in [0, 0.05) is 5.56 Å². The van der Waals surface area contributed by atoms with Crippen LogP contribution in [0.15, 0.2) is 48.5 Å². The van der Waals surface area contributed by atoms with Crippen molar-refractivity contribution in [1.29, 1.82) is 0 Å². The second-order valence-corrected chi connectivity index (χ2v) is 9.87. The highest BCUT2D eigenvalue weighted by molar-refractivity contribution is 5.92. The molecule has 3 N–H and O–H groups in total. The van der Waals surface area contributed by atoms with E-state index in [4.69, 9.17) is 5.73 Å². The molecule has 0 saturated heterocycles. The van der Waals surface area contributed by atoms with Crippen LogP contribution in [0, 0.1) is 23.2 Å². The van der Waals surface area contributed by atoms with Crippen molar-refractivity contribution < 1.29 is 9.90 Å². The van der Waals surface area contributed by atoms with Gasteiger partial charge in [0.15, 0.2) is 0 Å². The first kappa shape index (κ1) is 18.9. The lowest BCUT2D eigenvalue weighted by atomic mass is 9.55. The summed E-state index contributed by atoms with van der Waals surface area (Å²) in [4.78, 5) is 11.5. The van der Waals surface area contributed by atoms with Crippen molar-refractivity contribution in [1.82, 2.24) is 0 Å². The second kappa shape index (κ2) is 6.98. The minimum absolute atomic E-state index is 0.0133. The molecule has 3 nitrogen and oxygen atoms in total. The molecule has 5 rings (SSSR count). The molecule has 6 atom stereocenters. The van der Waals surface area contributed by atoms with E-state index in [0.717, 1.165) is 24.8 Å². The van der Waals surface area contributed by atoms with Crippen LogP contribution in [-0.2, 0) is 12.8 Å². The fourth-order valence-corrected chi connectivity index (χ4v) is 7.02. The van der Waals surface area contributed by atoms with E-state index in [1.165, 1.54) is 24.8 Å². The number of hydrogen-bond acceptors (Lipinski definition) is 2. The first-order valence-electron chi connectivity index (χ1n) is 11.1. The van der Waals surface area contributed by atoms with Crippen LogP contribution in [0.25, 0.3) is 0 Å². The number of carbonyl (C=O) groups is 1. The Morgan fingerprint density at radius 3 is 2.83 bits per heavy atom. The van der Waals surface area contributed by atoms with Gasteiger partial charge in [-0.3, -0.25) is 4.79 Å². The van der Waals surface area contributed by atoms with Gasteiger partial charge in [-0.1, -0.05) is 43.3 Å². The van der Waals surface area contributed by atoms with E-state index in [9.17, 15) is 9.90 Å². The minimum Gasteiger partial charge on any atom is -0.392 e. The fourth-order valence-electron chi connectivity index (χ4n) is 7.02. The lowest BCUT2D eigenvalue weighted by Gasteiger charge is -2.50. The number of amides is 1. The first-order chi connectivity index (χ1) is 14.0. The number of aryl methyl sites for hydroxylation is 1. The number of aliphatic hydroxyl groups excluding tert-OH is 1. The van der Waals surface area contributed by atoms with Gasteiger partial charge >= 0.3 is 0 Å². The third-order valence-electron chi connectivity index (χ3n) is 8.46. The molecule has 0 heterocycles. The van der Waals surface area contributed by atoms with Crippen LogP contribution in [0.2, 0.25) is 0 Å². The largest absolute Gasteiger partial charge is 0.392 e. The molecule has 0 spiro atoms. The Morgan fingerprint density at radius 1 is 1.17 bits per heavy atom. The van der Waals surface area contributed by atoms with Gasteiger partial charge in [-0.15, -0.1) is 0 Å². The molecule has 0 bridgehead atoms. The van der Waals surface area contributed by atoms with Crippen LogP contribution < -0.4 is 5.73 Å². The van der Waals surface area contributed by atoms with Crippen LogP contribution >= 0.6 is 0 Å². The average molecular weight is 390 g/mol. The van der Waals surface area contributed by atoms with E-state index in [1.807, 2.05) is 12.1 Å². The number of fused-ring (bicyclic) bond motifs is 5. The molecule has 3 aliphatic rings. The van der Waals surface area contributed by atoms with E-state index in [-0.39, 0.29) is 23.3 Å². The molecule has 2 saturated carbocycles. The standard InChI is InChI=1S/C26H31NO2/c1-26-12-11-21-20-8-3-2-6-17(20)9-10-22(21)23(26)15-19(24(26)28)14-16-5-4-7-18(13-16)25(27)29/h2-8,13,19,21-24,28H,9-12,14-15H2,1H3,(H2,27,29)/t19-,21+,22+,23-,24-,26-/m0/s1. The molecule has 0 radical (unpaired) electrons. The minimum atomic E-state index is -0.386. The van der Waals surface area contributed by atoms with E-state index < -0.39 is 0 Å². The molecule has 2 aromatic carbocycles. The van der Waals surface area contributed by atoms with Crippen LogP contribution in [-0.4, -0.2) is 17.1 Å². The number of aliphatic hydroxyl groups is 1. The lowest BCUT2D eigenvalue weighted by Crippen LogP contribution is -2.44. The van der Waals surface area contributed by atoms with Crippen LogP contribution in [0.3, 0.4) is 0 Å². The number of rotatable bonds is 3. The zero-order valence-electron chi connectivity index (χ0n) is 17.2. The Morgan fingerprint density at radius 2 is 2.00 bits per heavy atom. The summed E-state index contributed by atoms with van der Waals surface area (Å²) in [5.74, 6) is 1.78. The predicted molar refractivity (Wildman–Crippen MR) is 115 cm³/mol. The Balaban J connectivity index is 1.40. The normalized spacial score (nSPS) is 35.4. The SMILES string of the molecule is C[C@]12CC[C@@H]3c4ccccc4CC[C@H]3[C@@H]1C[C@H](Cc1cccc(C(N)=O)c1)[C@@H]2O. The van der Waals surface area contributed by atoms with E-state index in [1.54, 1.807) is 11.6 Å². The third kappa shape index (κ3) is 3.02. The molecule has 2 aromatic rings. The Kier molecular flexibility index (Phi) is 4.54. The maximum atomic E-state index is 11.5. The van der Waals surface area contributed by atoms with Crippen LogP contribution in [0.4, 0.5) is 0 Å². The number of nitrogens with two attached hydrogens (primary N) is 1. The average Bonchev–Trinajstić information content (AvgIpc) is 2.98. The fraction of sp³-hybridized carbons (Fsp3) is 0.500. The molecular formula is C26H31NO2. The van der Waals surface area contributed by atoms with Crippen molar-refractivity contribution >= 4 is 5.91 Å². The summed E-state index contributed by atoms with van der Waals surface area (Å²) in [6.45, 7) is 2.33. The topological polar surface area (TPSA) is 63.3 Å². The van der Waals surface area contributed by atoms with E-state index in [2.05, 4.69) is 37.3 Å². The summed E-state index contributed by atoms with van der Waals surface area (Å²) in [6.07, 6.45) is 6.35. The van der Waals surface area contributed by atoms with Crippen molar-refractivity contribution in [3.05, 3.63) is 70.8 Å². The Bertz CT molecular complexity index is 938. The van der Waals surface area contributed by atoms with Gasteiger partial charge in [0.1, 0.15) is 0 Å². The first-order valence-corrected chi connectivity index (χ1v) is 11.1. The molecular weight excluding hydrogens is 358 g/mol. The second-order valence-electron chi connectivity index (χ2n) is 9.87. The zero-order chi connectivity index (χ0) is 20.2. The number of hydrogen-bond donors (Lipinski definition) is 2. The maximum absolute atomic E-state index is 11.5. The van der Waals surface area contributed by atoms with Crippen molar-refractivity contribution in [3.8, 4) is 0 Å². The van der Waals surface area contributed by atoms with E-state index >= 15 is 0 Å². The van der Waals surface area contributed by atoms with Gasteiger partial charge in [-0.25, -0.2) is 0 Å². The van der Waals surface area contributed by atoms with Crippen LogP contribution in [0.1, 0.15) is 65.6 Å². The van der Waals surface area contributed by atoms with Crippen molar-refractivity contribution in [2.75, 3.05) is 0 Å². The highest BCUT2D eigenvalue weighted by Crippen LogP contribution is 2.62. The summed E-state index contributed by atoms with van der Waals surface area (Å²) < 4.78 is 0. The molecule has 29 heavy (non-hydrogen) atoms. The number of carbonyl (C=O) groups excluding carboxylic acids is 1. The van der Waals surface area contributed by atoms with Gasteiger partial charge in [-0.2, -0.15) is 0 Å². The van der Waals surface area contributed by atoms with Crippen LogP contribution in [0.5, 0.6) is 0 Å². The summed E-state index contributed by atoms with van der Waals surface area (Å²) in [5.41, 5.74) is 10.2. The maximum Gasteiger partial charge on any atom is 0.248 e. The lowest BCUT2D eigenvalue weighted by molar-refractivity contribution is -0.0325. The number of benzene rings is 2. The van der Waals surface area contributed by atoms with Gasteiger partial charge in [0.2, 0.25) is 5.91 Å². The Labute approximate surface area is 173 Å². The van der Waals surface area contributed by atoms with Gasteiger partial charge < -0.3 is 10.8 Å². The zero-order valence-corrected chi connectivity index (χ0v) is 17.2. The van der Waals surface area contributed by atoms with Crippen molar-refractivity contribution in [2.24, 2.45) is 28.9 Å². The summed E-state index contributed by atoms with van der Waals surface area (Å²) in [5, 5.41) is 11.4. The van der Waals surface area contributed by atoms with Gasteiger partial charge in [0.05, 0.1) is 6.10 Å². The number of primary amides is 1. The molecule has 0 aromatic heterocycles. The van der Waals surface area contributed by atoms with Gasteiger partial charge in [-0.05, 0) is 96.4 Å². The Hall–Kier alpha value is -2.13. The van der Waals surface area contributed by atoms with Gasteiger partial charge in [0.25, 0.3) is 0 Å². The monoisotopic (exact) mass is 389 g/mol. The summed E-state index contributed by atoms with van der Waals surface area (Å²) in [7, 11) is 0. The molecule has 2 fully saturated rings. The molecule has 3 aliphatic carbocycles. The quantitative estimate of drug-likeness (QED) is 0.813. The summed E-state index contributed by atoms with van der Waals surface area (Å²) >= 11 is 0. The molecule has 0 unspecified atom stereocenters. The van der Waals surface area contributed by atoms with Crippen molar-refractivity contribution in [2.45, 2.75) is 57.5 Å². The highest BCUT2D eigenvalue weighted by atomic mass is 16.3. The summed E-state index contributed by atoms with van der Waals surface area (Å²) in [6, 6.07) is 16.6. The highest BCUT2D eigenvalue weighted by Gasteiger charge is 2.57. The predicted octanol–water partition coefficient (Wildman–Crippen LogP) is 4.47. The molecule has 1 amide bonds. The van der Waals surface area contributed by atoms with E-state index in [0.29, 0.717) is 23.3 Å². The third-order valence-corrected chi connectivity index (χ3v) is 8.46. The smallest absolute Gasteiger partial charge is 0.248 e. The van der Waals surface area contributed by atoms with Crippen molar-refractivity contribution in [3.63, 3.8) is 0 Å².